The molecule has 2 N–H and O–H groups in total. The topological polar surface area (TPSA) is 45.7 Å². The number of benzene rings is 2. The molecule has 0 radical (unpaired) electrons. The van der Waals surface area contributed by atoms with Crippen molar-refractivity contribution in [1.82, 2.24) is 10.6 Å². The van der Waals surface area contributed by atoms with Gasteiger partial charge in [-0.2, -0.15) is 0 Å². The Hall–Kier alpha value is -1.76. The number of hydrogen-bond donors (Lipinski definition) is 2. The Labute approximate surface area is 167 Å². The summed E-state index contributed by atoms with van der Waals surface area (Å²) in [5.41, 5.74) is 2.57. The minimum absolute atomic E-state index is 0. The highest BCUT2D eigenvalue weighted by Crippen LogP contribution is 2.46. The standard InChI is InChI=1S/C20H25N3O.HI/c1-21-20(22-13-16-10-6-7-11-19(16)24-2)23-14-17-12-18(17)15-8-4-3-5-9-15;/h3-11,17-18H,12-14H2,1-2H3,(H2,21,22,23);1H. The van der Waals surface area contributed by atoms with Crippen LogP contribution in [0.3, 0.4) is 0 Å². The van der Waals surface area contributed by atoms with Crippen molar-refractivity contribution in [3.63, 3.8) is 0 Å². The fraction of sp³-hybridized carbons (Fsp3) is 0.350. The smallest absolute Gasteiger partial charge is 0.191 e. The molecule has 2 aromatic carbocycles. The zero-order valence-electron chi connectivity index (χ0n) is 14.7. The maximum Gasteiger partial charge on any atom is 0.191 e. The van der Waals surface area contributed by atoms with E-state index in [1.165, 1.54) is 12.0 Å². The molecule has 25 heavy (non-hydrogen) atoms. The molecule has 2 aromatic rings. The van der Waals surface area contributed by atoms with Gasteiger partial charge in [-0.3, -0.25) is 4.99 Å². The molecule has 1 saturated carbocycles. The van der Waals surface area contributed by atoms with Crippen molar-refractivity contribution in [2.45, 2.75) is 18.9 Å². The highest BCUT2D eigenvalue weighted by atomic mass is 127. The zero-order chi connectivity index (χ0) is 16.8. The number of guanidine groups is 1. The molecule has 0 aromatic heterocycles. The second kappa shape index (κ2) is 9.65. The predicted octanol–water partition coefficient (Wildman–Crippen LogP) is 3.78. The summed E-state index contributed by atoms with van der Waals surface area (Å²) < 4.78 is 5.38. The maximum atomic E-state index is 5.38. The molecule has 0 bridgehead atoms. The highest BCUT2D eigenvalue weighted by molar-refractivity contribution is 14.0. The molecule has 0 spiro atoms. The summed E-state index contributed by atoms with van der Waals surface area (Å²) in [6, 6.07) is 18.8. The molecular weight excluding hydrogens is 425 g/mol. The van der Waals surface area contributed by atoms with Crippen LogP contribution in [-0.4, -0.2) is 26.7 Å². The molecule has 0 aliphatic heterocycles. The van der Waals surface area contributed by atoms with Gasteiger partial charge in [0.1, 0.15) is 5.75 Å². The molecule has 2 unspecified atom stereocenters. The van der Waals surface area contributed by atoms with Gasteiger partial charge in [-0.15, -0.1) is 24.0 Å². The van der Waals surface area contributed by atoms with Gasteiger partial charge >= 0.3 is 0 Å². The molecule has 0 amide bonds. The number of para-hydroxylation sites is 1. The third kappa shape index (κ3) is 5.36. The second-order valence-electron chi connectivity index (χ2n) is 6.13. The highest BCUT2D eigenvalue weighted by Gasteiger charge is 2.37. The van der Waals surface area contributed by atoms with Gasteiger partial charge in [0.25, 0.3) is 0 Å². The van der Waals surface area contributed by atoms with Crippen LogP contribution in [0.4, 0.5) is 0 Å². The van der Waals surface area contributed by atoms with Gasteiger partial charge in [0.05, 0.1) is 7.11 Å². The van der Waals surface area contributed by atoms with Crippen LogP contribution in [0.2, 0.25) is 0 Å². The van der Waals surface area contributed by atoms with Crippen LogP contribution in [0.5, 0.6) is 5.75 Å². The van der Waals surface area contributed by atoms with Crippen molar-refractivity contribution < 1.29 is 4.74 Å². The minimum Gasteiger partial charge on any atom is -0.496 e. The molecule has 3 rings (SSSR count). The van der Waals surface area contributed by atoms with Gasteiger partial charge in [-0.05, 0) is 29.9 Å². The lowest BCUT2D eigenvalue weighted by Gasteiger charge is -2.13. The van der Waals surface area contributed by atoms with Crippen LogP contribution in [-0.2, 0) is 6.54 Å². The Kier molecular flexibility index (Phi) is 7.55. The normalized spacial score (nSPS) is 18.9. The number of hydrogen-bond acceptors (Lipinski definition) is 2. The van der Waals surface area contributed by atoms with Crippen molar-refractivity contribution in [2.24, 2.45) is 10.9 Å². The van der Waals surface area contributed by atoms with E-state index in [9.17, 15) is 0 Å². The van der Waals surface area contributed by atoms with E-state index in [1.807, 2.05) is 18.2 Å². The van der Waals surface area contributed by atoms with Crippen molar-refractivity contribution in [1.29, 1.82) is 0 Å². The van der Waals surface area contributed by atoms with Crippen molar-refractivity contribution in [3.05, 3.63) is 65.7 Å². The van der Waals surface area contributed by atoms with Gasteiger partial charge < -0.3 is 15.4 Å². The van der Waals surface area contributed by atoms with E-state index < -0.39 is 0 Å². The molecule has 4 nitrogen and oxygen atoms in total. The number of aliphatic imine (C=N–C) groups is 1. The quantitative estimate of drug-likeness (QED) is 0.399. The zero-order valence-corrected chi connectivity index (χ0v) is 17.1. The van der Waals surface area contributed by atoms with Gasteiger partial charge in [0.15, 0.2) is 5.96 Å². The van der Waals surface area contributed by atoms with Crippen molar-refractivity contribution in [3.8, 4) is 5.75 Å². The van der Waals surface area contributed by atoms with E-state index in [-0.39, 0.29) is 24.0 Å². The molecule has 0 saturated heterocycles. The number of nitrogens with one attached hydrogen (secondary N) is 2. The summed E-state index contributed by atoms with van der Waals surface area (Å²) in [4.78, 5) is 4.31. The van der Waals surface area contributed by atoms with Crippen LogP contribution in [0, 0.1) is 5.92 Å². The molecule has 1 aliphatic rings. The summed E-state index contributed by atoms with van der Waals surface area (Å²) in [6.07, 6.45) is 1.25. The Morgan fingerprint density at radius 3 is 2.52 bits per heavy atom. The monoisotopic (exact) mass is 451 g/mol. The Balaban J connectivity index is 0.00000225. The lowest BCUT2D eigenvalue weighted by atomic mass is 10.1. The molecular formula is C20H26IN3O. The van der Waals surface area contributed by atoms with Crippen LogP contribution < -0.4 is 15.4 Å². The van der Waals surface area contributed by atoms with E-state index in [2.05, 4.69) is 52.0 Å². The third-order valence-electron chi connectivity index (χ3n) is 4.54. The largest absolute Gasteiger partial charge is 0.496 e. The Morgan fingerprint density at radius 2 is 1.80 bits per heavy atom. The van der Waals surface area contributed by atoms with Crippen molar-refractivity contribution >= 4 is 29.9 Å². The lowest BCUT2D eigenvalue weighted by molar-refractivity contribution is 0.409. The molecule has 5 heteroatoms. The number of ether oxygens (including phenoxy) is 1. The Morgan fingerprint density at radius 1 is 1.08 bits per heavy atom. The lowest BCUT2D eigenvalue weighted by Crippen LogP contribution is -2.38. The summed E-state index contributed by atoms with van der Waals surface area (Å²) in [5, 5.41) is 6.79. The fourth-order valence-corrected chi connectivity index (χ4v) is 3.06. The van der Waals surface area contributed by atoms with Crippen LogP contribution >= 0.6 is 24.0 Å². The minimum atomic E-state index is 0. The predicted molar refractivity (Wildman–Crippen MR) is 114 cm³/mol. The van der Waals surface area contributed by atoms with Gasteiger partial charge in [-0.1, -0.05) is 48.5 Å². The van der Waals surface area contributed by atoms with E-state index in [4.69, 9.17) is 4.74 Å². The molecule has 1 fully saturated rings. The van der Waals surface area contributed by atoms with E-state index in [0.29, 0.717) is 18.4 Å². The SMILES string of the molecule is CN=C(NCc1ccccc1OC)NCC1CC1c1ccccc1.I. The molecule has 134 valence electrons. The number of halogens is 1. The maximum absolute atomic E-state index is 5.38. The summed E-state index contributed by atoms with van der Waals surface area (Å²) >= 11 is 0. The van der Waals surface area contributed by atoms with Gasteiger partial charge in [0, 0.05) is 25.7 Å². The van der Waals surface area contributed by atoms with E-state index in [1.54, 1.807) is 14.2 Å². The van der Waals surface area contributed by atoms with Gasteiger partial charge in [0.2, 0.25) is 0 Å². The van der Waals surface area contributed by atoms with E-state index >= 15 is 0 Å². The fourth-order valence-electron chi connectivity index (χ4n) is 3.06. The average molecular weight is 451 g/mol. The van der Waals surface area contributed by atoms with Crippen LogP contribution in [0.25, 0.3) is 0 Å². The van der Waals surface area contributed by atoms with Crippen molar-refractivity contribution in [2.75, 3.05) is 20.7 Å². The first-order chi connectivity index (χ1) is 11.8. The summed E-state index contributed by atoms with van der Waals surface area (Å²) in [7, 11) is 3.50. The first-order valence-corrected chi connectivity index (χ1v) is 8.43. The second-order valence-corrected chi connectivity index (χ2v) is 6.13. The van der Waals surface area contributed by atoms with E-state index in [0.717, 1.165) is 23.8 Å². The number of nitrogens with zero attached hydrogens (tertiary/aromatic N) is 1. The Bertz CT molecular complexity index is 690. The first-order valence-electron chi connectivity index (χ1n) is 8.43. The van der Waals surface area contributed by atoms with Crippen LogP contribution in [0.1, 0.15) is 23.5 Å². The summed E-state index contributed by atoms with van der Waals surface area (Å²) in [6.45, 7) is 1.64. The van der Waals surface area contributed by atoms with Gasteiger partial charge in [-0.25, -0.2) is 0 Å². The number of rotatable bonds is 6. The average Bonchev–Trinajstić information content (AvgIpc) is 3.42. The number of methoxy groups -OCH3 is 1. The first kappa shape index (κ1) is 19.6. The molecule has 2 atom stereocenters. The summed E-state index contributed by atoms with van der Waals surface area (Å²) in [5.74, 6) is 3.11. The molecule has 1 aliphatic carbocycles. The van der Waals surface area contributed by atoms with Crippen LogP contribution in [0.15, 0.2) is 59.6 Å². The molecule has 0 heterocycles. The third-order valence-corrected chi connectivity index (χ3v) is 4.54.